The zero-order valence-electron chi connectivity index (χ0n) is 22.5. The second kappa shape index (κ2) is 10.3. The third-order valence-electron chi connectivity index (χ3n) is 6.63. The molecule has 2 aromatic heterocycles. The highest BCUT2D eigenvalue weighted by atomic mass is 35.5. The number of rotatable bonds is 8. The third kappa shape index (κ3) is 5.39. The molecule has 1 atom stereocenters. The summed E-state index contributed by atoms with van der Waals surface area (Å²) in [6.45, 7) is 6.79. The predicted octanol–water partition coefficient (Wildman–Crippen LogP) is 6.38. The molecule has 1 aromatic carbocycles. The van der Waals surface area contributed by atoms with Gasteiger partial charge in [-0.1, -0.05) is 50.0 Å². The maximum atomic E-state index is 13.8. The van der Waals surface area contributed by atoms with E-state index in [1.54, 1.807) is 24.3 Å². The quantitative estimate of drug-likeness (QED) is 0.230. The summed E-state index contributed by atoms with van der Waals surface area (Å²) in [6, 6.07) is 7.01. The lowest BCUT2D eigenvalue weighted by Gasteiger charge is -2.25. The minimum absolute atomic E-state index is 0.0639. The molecule has 0 radical (unpaired) electrons. The van der Waals surface area contributed by atoms with E-state index in [9.17, 15) is 15.4 Å². The van der Waals surface area contributed by atoms with Crippen LogP contribution in [0, 0.1) is 16.7 Å². The highest BCUT2D eigenvalue weighted by molar-refractivity contribution is 6.36. The number of nitrogens with one attached hydrogen (secondary N) is 4. The number of hydrazine groups is 2. The van der Waals surface area contributed by atoms with Crippen LogP contribution in [0.2, 0.25) is 10.2 Å². The van der Waals surface area contributed by atoms with Crippen molar-refractivity contribution in [3.63, 3.8) is 0 Å². The monoisotopic (exact) mass is 573 g/mol. The highest BCUT2D eigenvalue weighted by Gasteiger charge is 2.56. The zero-order chi connectivity index (χ0) is 28.9. The van der Waals surface area contributed by atoms with E-state index in [4.69, 9.17) is 23.2 Å². The van der Waals surface area contributed by atoms with E-state index in [2.05, 4.69) is 58.4 Å². The van der Waals surface area contributed by atoms with E-state index < -0.39 is 18.0 Å². The number of fused-ring (bicyclic) bond motifs is 1. The molecule has 0 bridgehead atoms. The summed E-state index contributed by atoms with van der Waals surface area (Å²) in [6.07, 6.45) is 2.48. The molecule has 3 aromatic rings. The van der Waals surface area contributed by atoms with Gasteiger partial charge in [0.05, 0.1) is 34.9 Å². The molecule has 5 rings (SSSR count). The van der Waals surface area contributed by atoms with Crippen LogP contribution in [0.25, 0.3) is 10.9 Å². The average Bonchev–Trinajstić information content (AvgIpc) is 3.56. The van der Waals surface area contributed by atoms with Gasteiger partial charge in [-0.05, 0) is 36.5 Å². The van der Waals surface area contributed by atoms with Gasteiger partial charge in [0.2, 0.25) is 0 Å². The van der Waals surface area contributed by atoms with Crippen LogP contribution in [0.15, 0.2) is 48.6 Å². The Morgan fingerprint density at radius 2 is 2.05 bits per heavy atom. The predicted molar refractivity (Wildman–Crippen MR) is 149 cm³/mol. The number of nitrogens with zero attached hydrogens (tertiary/aromatic N) is 4. The normalized spacial score (nSPS) is 18.2. The van der Waals surface area contributed by atoms with Crippen LogP contribution >= 0.6 is 23.2 Å². The number of hydrogen-bond donors (Lipinski definition) is 4. The van der Waals surface area contributed by atoms with Gasteiger partial charge in [-0.2, -0.15) is 5.26 Å². The third-order valence-corrected chi connectivity index (χ3v) is 7.21. The molecular weight excluding hydrogens is 545 g/mol. The lowest BCUT2D eigenvalue weighted by molar-refractivity contribution is 0.00911. The van der Waals surface area contributed by atoms with E-state index in [0.717, 1.165) is 0 Å². The first-order valence-electron chi connectivity index (χ1n) is 12.8. The number of nitriles is 1. The molecule has 1 aliphatic heterocycles. The van der Waals surface area contributed by atoms with Crippen LogP contribution in [0.4, 0.5) is 20.2 Å². The van der Waals surface area contributed by atoms with Gasteiger partial charge in [0.1, 0.15) is 16.8 Å². The Morgan fingerprint density at radius 3 is 2.69 bits per heavy atom. The van der Waals surface area contributed by atoms with Crippen LogP contribution in [0.5, 0.6) is 0 Å². The van der Waals surface area contributed by atoms with Gasteiger partial charge in [-0.25, -0.2) is 13.8 Å². The van der Waals surface area contributed by atoms with Gasteiger partial charge >= 0.3 is 0 Å². The van der Waals surface area contributed by atoms with Gasteiger partial charge in [0.15, 0.2) is 0 Å². The summed E-state index contributed by atoms with van der Waals surface area (Å²) in [7, 11) is 0. The van der Waals surface area contributed by atoms with Crippen LogP contribution in [0.3, 0.4) is 0 Å². The molecule has 0 spiro atoms. The van der Waals surface area contributed by atoms with Crippen molar-refractivity contribution in [2.75, 3.05) is 17.2 Å². The van der Waals surface area contributed by atoms with Crippen LogP contribution in [-0.4, -0.2) is 33.5 Å². The first-order valence-corrected chi connectivity index (χ1v) is 13.1. The number of hydrogen-bond acceptors (Lipinski definition) is 8. The van der Waals surface area contributed by atoms with Crippen molar-refractivity contribution < 1.29 is 10.2 Å². The largest absolute Gasteiger partial charge is 0.383 e. The van der Waals surface area contributed by atoms with Gasteiger partial charge in [0, 0.05) is 41.8 Å². The molecule has 1 saturated carbocycles. The number of alkyl halides is 2. The second-order valence-electron chi connectivity index (χ2n) is 10.8. The van der Waals surface area contributed by atoms with E-state index in [1.807, 2.05) is 0 Å². The van der Waals surface area contributed by atoms with Gasteiger partial charge in [0.25, 0.3) is 6.43 Å². The van der Waals surface area contributed by atoms with E-state index in [1.165, 1.54) is 23.6 Å². The van der Waals surface area contributed by atoms with Crippen molar-refractivity contribution in [3.8, 4) is 6.07 Å². The van der Waals surface area contributed by atoms with Gasteiger partial charge < -0.3 is 16.1 Å². The number of anilines is 2. The standard InChI is InChI=1S/C27H28Cl2F2N8/c1-26(2,3)14-35-21-15(11-32)12-34-22-18(21)9-16(10-19(22)28)36-23(17-5-4-8-33-24(17)29)20-13-39(38-37-20)27(6-7-27)25(30)31/h4-5,8-10,12-13,23,25,36-38H,6-7,14H2,1-3H3,(H,34,35)/t23-/m1/s1/i23D. The van der Waals surface area contributed by atoms with E-state index in [0.29, 0.717) is 52.3 Å². The maximum absolute atomic E-state index is 13.8. The molecule has 2 aliphatic rings. The number of aromatic nitrogens is 2. The Bertz CT molecular complexity index is 1530. The van der Waals surface area contributed by atoms with Crippen LogP contribution in [-0.2, 0) is 0 Å². The second-order valence-corrected chi connectivity index (χ2v) is 11.6. The topological polar surface area (TPSA) is 101 Å². The summed E-state index contributed by atoms with van der Waals surface area (Å²) >= 11 is 13.1. The minimum atomic E-state index is -2.58. The molecule has 1 aliphatic carbocycles. The molecule has 1 fully saturated rings. The van der Waals surface area contributed by atoms with Crippen molar-refractivity contribution in [2.24, 2.45) is 5.41 Å². The number of halogens is 4. The number of benzene rings is 1. The van der Waals surface area contributed by atoms with E-state index in [-0.39, 0.29) is 21.8 Å². The Morgan fingerprint density at radius 1 is 1.28 bits per heavy atom. The molecule has 4 N–H and O–H groups in total. The van der Waals surface area contributed by atoms with Crippen LogP contribution < -0.4 is 21.6 Å². The average molecular weight is 574 g/mol. The zero-order valence-corrected chi connectivity index (χ0v) is 23.1. The lowest BCUT2D eigenvalue weighted by Crippen LogP contribution is -2.48. The SMILES string of the molecule is [2H][C@](Nc1cc(Cl)c2ncc(C#N)c(NCC(C)(C)C)c2c1)(C1=CN(C2(C(F)F)CC2)NN1)c1cccnc1Cl. The van der Waals surface area contributed by atoms with Crippen molar-refractivity contribution in [3.05, 3.63) is 69.9 Å². The maximum Gasteiger partial charge on any atom is 0.262 e. The van der Waals surface area contributed by atoms with Gasteiger partial charge in [-0.15, -0.1) is 5.53 Å². The smallest absolute Gasteiger partial charge is 0.262 e. The fraction of sp³-hybridized carbons (Fsp3) is 0.370. The molecule has 3 heterocycles. The molecule has 12 heteroatoms. The lowest BCUT2D eigenvalue weighted by atomic mass is 9.96. The molecule has 0 saturated heterocycles. The van der Waals surface area contributed by atoms with Gasteiger partial charge in [-0.3, -0.25) is 9.99 Å². The summed E-state index contributed by atoms with van der Waals surface area (Å²) < 4.78 is 37.2. The molecule has 204 valence electrons. The summed E-state index contributed by atoms with van der Waals surface area (Å²) in [5, 5.41) is 18.6. The van der Waals surface area contributed by atoms with Crippen molar-refractivity contribution in [1.29, 1.82) is 5.26 Å². The van der Waals surface area contributed by atoms with E-state index >= 15 is 0 Å². The fourth-order valence-electron chi connectivity index (χ4n) is 4.33. The minimum Gasteiger partial charge on any atom is -0.383 e. The van der Waals surface area contributed by atoms with Crippen molar-refractivity contribution in [2.45, 2.75) is 51.6 Å². The first kappa shape index (κ1) is 25.9. The Kier molecular flexibility index (Phi) is 6.83. The molecule has 0 unspecified atom stereocenters. The Hall–Kier alpha value is -3.39. The van der Waals surface area contributed by atoms with Crippen molar-refractivity contribution >= 4 is 45.5 Å². The molecule has 8 nitrogen and oxygen atoms in total. The molecule has 0 amide bonds. The Balaban J connectivity index is 1.61. The van der Waals surface area contributed by atoms with Crippen molar-refractivity contribution in [1.82, 2.24) is 25.9 Å². The highest BCUT2D eigenvalue weighted by Crippen LogP contribution is 2.47. The number of pyridine rings is 2. The summed E-state index contributed by atoms with van der Waals surface area (Å²) in [5.74, 6) is 0. The molecule has 39 heavy (non-hydrogen) atoms. The fourth-order valence-corrected chi connectivity index (χ4v) is 4.81. The summed E-state index contributed by atoms with van der Waals surface area (Å²) in [4.78, 5) is 8.53. The Labute approximate surface area is 236 Å². The first-order chi connectivity index (χ1) is 18.9. The molecular formula is C27H28Cl2F2N8. The van der Waals surface area contributed by atoms with Crippen LogP contribution in [0.1, 0.15) is 52.1 Å². The summed E-state index contributed by atoms with van der Waals surface area (Å²) in [5.41, 5.74) is 6.56.